The number of hydrogen-bond donors (Lipinski definition) is 1. The number of rotatable bonds is 5. The van der Waals surface area contributed by atoms with Crippen LogP contribution in [0.2, 0.25) is 0 Å². The number of para-hydroxylation sites is 1. The highest BCUT2D eigenvalue weighted by Gasteiger charge is 2.23. The minimum Gasteiger partial charge on any atom is -0.344 e. The van der Waals surface area contributed by atoms with Gasteiger partial charge in [-0.25, -0.2) is 9.50 Å². The molecule has 2 amide bonds. The van der Waals surface area contributed by atoms with Crippen molar-refractivity contribution in [3.05, 3.63) is 106 Å². The Morgan fingerprint density at radius 3 is 2.71 bits per heavy atom. The third kappa shape index (κ3) is 4.85. The third-order valence-electron chi connectivity index (χ3n) is 7.34. The molecule has 9 nitrogen and oxygen atoms in total. The highest BCUT2D eigenvalue weighted by atomic mass is 16.2. The zero-order chi connectivity index (χ0) is 28.5. The van der Waals surface area contributed by atoms with E-state index in [1.54, 1.807) is 39.4 Å². The van der Waals surface area contributed by atoms with Crippen LogP contribution in [0.15, 0.2) is 77.9 Å². The van der Waals surface area contributed by atoms with E-state index < -0.39 is 6.04 Å². The minimum absolute atomic E-state index is 0.111. The molecule has 1 fully saturated rings. The zero-order valence-electron chi connectivity index (χ0n) is 22.8. The number of aryl methyl sites for hydroxylation is 1. The second kappa shape index (κ2) is 10.7. The van der Waals surface area contributed by atoms with Crippen molar-refractivity contribution in [2.75, 3.05) is 13.1 Å². The predicted octanol–water partition coefficient (Wildman–Crippen LogP) is 3.81. The van der Waals surface area contributed by atoms with Gasteiger partial charge in [-0.1, -0.05) is 42.2 Å². The van der Waals surface area contributed by atoms with E-state index in [0.29, 0.717) is 58.7 Å². The molecule has 1 N–H and O–H groups in total. The lowest BCUT2D eigenvalue weighted by atomic mass is 10.0. The van der Waals surface area contributed by atoms with Crippen LogP contribution >= 0.6 is 0 Å². The van der Waals surface area contributed by atoms with Crippen molar-refractivity contribution in [2.24, 2.45) is 0 Å². The normalized spacial score (nSPS) is 13.8. The Balaban J connectivity index is 1.42. The van der Waals surface area contributed by atoms with Crippen LogP contribution in [-0.2, 0) is 4.79 Å². The first-order valence-electron chi connectivity index (χ1n) is 13.5. The fraction of sp³-hybridized carbons (Fsp3) is 0.219. The van der Waals surface area contributed by atoms with E-state index in [-0.39, 0.29) is 17.4 Å². The van der Waals surface area contributed by atoms with E-state index in [2.05, 4.69) is 27.2 Å². The average molecular weight is 545 g/mol. The van der Waals surface area contributed by atoms with Crippen molar-refractivity contribution >= 4 is 28.2 Å². The lowest BCUT2D eigenvalue weighted by Crippen LogP contribution is -2.32. The molecule has 41 heavy (non-hydrogen) atoms. The standard InChI is InChI=1S/C32H28N6O3/c1-21(34-31(40)28-22(2)35-37-19-9-16-33-30(28)37)26-20-24-11-6-10-23(12-7-17-36-18-8-15-27(36)39)29(24)32(41)38(26)25-13-4-3-5-14-25/h3-6,9-11,13-14,16,19-21H,8,15,17-18H2,1-2H3,(H,34,40). The van der Waals surface area contributed by atoms with Crippen LogP contribution in [0.3, 0.4) is 0 Å². The van der Waals surface area contributed by atoms with Gasteiger partial charge in [-0.15, -0.1) is 0 Å². The van der Waals surface area contributed by atoms with Gasteiger partial charge in [0.15, 0.2) is 5.65 Å². The molecule has 1 saturated heterocycles. The van der Waals surface area contributed by atoms with E-state index in [1.807, 2.05) is 61.5 Å². The van der Waals surface area contributed by atoms with E-state index in [0.717, 1.165) is 11.8 Å². The van der Waals surface area contributed by atoms with Gasteiger partial charge in [-0.2, -0.15) is 5.10 Å². The summed E-state index contributed by atoms with van der Waals surface area (Å²) in [5.74, 6) is 6.01. The van der Waals surface area contributed by atoms with Crippen LogP contribution in [-0.4, -0.2) is 49.0 Å². The second-order valence-corrected chi connectivity index (χ2v) is 10.1. The maximum atomic E-state index is 14.2. The number of nitrogens with one attached hydrogen (secondary N) is 1. The summed E-state index contributed by atoms with van der Waals surface area (Å²) in [4.78, 5) is 45.7. The number of fused-ring (bicyclic) bond motifs is 2. The summed E-state index contributed by atoms with van der Waals surface area (Å²) in [6.07, 6.45) is 4.77. The van der Waals surface area contributed by atoms with Gasteiger partial charge in [0.2, 0.25) is 5.91 Å². The molecule has 0 radical (unpaired) electrons. The number of benzene rings is 2. The highest BCUT2D eigenvalue weighted by molar-refractivity contribution is 6.01. The molecule has 2 aromatic carbocycles. The fourth-order valence-electron chi connectivity index (χ4n) is 5.35. The maximum Gasteiger partial charge on any atom is 0.264 e. The van der Waals surface area contributed by atoms with Crippen molar-refractivity contribution in [1.82, 2.24) is 29.4 Å². The third-order valence-corrected chi connectivity index (χ3v) is 7.34. The van der Waals surface area contributed by atoms with Crippen LogP contribution in [0.25, 0.3) is 22.1 Å². The smallest absolute Gasteiger partial charge is 0.264 e. The number of carbonyl (C=O) groups is 2. The number of nitrogens with zero attached hydrogens (tertiary/aromatic N) is 5. The van der Waals surface area contributed by atoms with Crippen LogP contribution in [0, 0.1) is 18.8 Å². The Bertz CT molecular complexity index is 1930. The number of carbonyl (C=O) groups excluding carboxylic acids is 2. The summed E-state index contributed by atoms with van der Waals surface area (Å²) < 4.78 is 3.21. The number of hydrogen-bond acceptors (Lipinski definition) is 5. The van der Waals surface area contributed by atoms with Crippen LogP contribution in [0.4, 0.5) is 0 Å². The lowest BCUT2D eigenvalue weighted by Gasteiger charge is -2.21. The first-order valence-corrected chi connectivity index (χ1v) is 13.5. The topological polar surface area (TPSA) is 102 Å². The van der Waals surface area contributed by atoms with Gasteiger partial charge in [0.1, 0.15) is 5.56 Å². The quantitative estimate of drug-likeness (QED) is 0.339. The molecule has 6 rings (SSSR count). The van der Waals surface area contributed by atoms with Crippen molar-refractivity contribution < 1.29 is 9.59 Å². The summed E-state index contributed by atoms with van der Waals surface area (Å²) >= 11 is 0. The summed E-state index contributed by atoms with van der Waals surface area (Å²) in [6, 6.07) is 18.0. The number of likely N-dealkylation sites (tertiary alicyclic amines) is 1. The van der Waals surface area contributed by atoms with Crippen molar-refractivity contribution in [3.8, 4) is 17.5 Å². The molecule has 9 heteroatoms. The van der Waals surface area contributed by atoms with Crippen molar-refractivity contribution in [1.29, 1.82) is 0 Å². The largest absolute Gasteiger partial charge is 0.344 e. The number of pyridine rings is 1. The highest BCUT2D eigenvalue weighted by Crippen LogP contribution is 2.24. The monoisotopic (exact) mass is 544 g/mol. The SMILES string of the molecule is Cc1nn2cccnc2c1C(=O)NC(C)c1cc2cccc(C#CCN3CCCC3=O)c2c(=O)n1-c1ccccc1. The number of amides is 2. The summed E-state index contributed by atoms with van der Waals surface area (Å²) in [5.41, 5.74) is 3.08. The van der Waals surface area contributed by atoms with Gasteiger partial charge in [0.25, 0.3) is 11.5 Å². The van der Waals surface area contributed by atoms with E-state index in [9.17, 15) is 14.4 Å². The molecule has 1 aliphatic heterocycles. The molecule has 3 aromatic heterocycles. The van der Waals surface area contributed by atoms with Gasteiger partial charge in [0.05, 0.1) is 23.7 Å². The molecular formula is C32H28N6O3. The van der Waals surface area contributed by atoms with E-state index in [1.165, 1.54) is 0 Å². The van der Waals surface area contributed by atoms with Crippen molar-refractivity contribution in [3.63, 3.8) is 0 Å². The molecule has 1 atom stereocenters. The van der Waals surface area contributed by atoms with E-state index in [4.69, 9.17) is 0 Å². The Hall–Kier alpha value is -5.23. The Labute approximate surface area is 236 Å². The molecule has 1 aliphatic rings. The first-order chi connectivity index (χ1) is 19.9. The van der Waals surface area contributed by atoms with Crippen LogP contribution in [0.5, 0.6) is 0 Å². The molecule has 4 heterocycles. The lowest BCUT2D eigenvalue weighted by molar-refractivity contribution is -0.127. The van der Waals surface area contributed by atoms with Gasteiger partial charge in [-0.3, -0.25) is 19.0 Å². The van der Waals surface area contributed by atoms with Crippen molar-refractivity contribution in [2.45, 2.75) is 32.7 Å². The van der Waals surface area contributed by atoms with Gasteiger partial charge in [0, 0.05) is 42.3 Å². The molecule has 0 spiro atoms. The zero-order valence-corrected chi connectivity index (χ0v) is 22.8. The van der Waals surface area contributed by atoms with Crippen LogP contribution < -0.4 is 10.9 Å². The van der Waals surface area contributed by atoms with E-state index >= 15 is 0 Å². The van der Waals surface area contributed by atoms with Gasteiger partial charge >= 0.3 is 0 Å². The Morgan fingerprint density at radius 1 is 1.10 bits per heavy atom. The molecule has 0 bridgehead atoms. The Kier molecular flexibility index (Phi) is 6.81. The fourth-order valence-corrected chi connectivity index (χ4v) is 5.35. The second-order valence-electron chi connectivity index (χ2n) is 10.1. The summed E-state index contributed by atoms with van der Waals surface area (Å²) in [5, 5.41) is 8.67. The molecule has 0 aliphatic carbocycles. The first kappa shape index (κ1) is 26.0. The maximum absolute atomic E-state index is 14.2. The van der Waals surface area contributed by atoms with Gasteiger partial charge < -0.3 is 10.2 Å². The summed E-state index contributed by atoms with van der Waals surface area (Å²) in [6.45, 7) is 4.66. The molecular weight excluding hydrogens is 516 g/mol. The Morgan fingerprint density at radius 2 is 1.93 bits per heavy atom. The molecule has 204 valence electrons. The predicted molar refractivity (Wildman–Crippen MR) is 156 cm³/mol. The van der Waals surface area contributed by atoms with Crippen LogP contribution in [0.1, 0.15) is 53.1 Å². The van der Waals surface area contributed by atoms with Gasteiger partial charge in [-0.05, 0) is 56.0 Å². The minimum atomic E-state index is -0.534. The molecule has 5 aromatic rings. The molecule has 0 saturated carbocycles. The summed E-state index contributed by atoms with van der Waals surface area (Å²) in [7, 11) is 0. The number of aromatic nitrogens is 4. The molecule has 1 unspecified atom stereocenters. The average Bonchev–Trinajstić information content (AvgIpc) is 3.54.